The zero-order chi connectivity index (χ0) is 15.2. The molecule has 1 unspecified atom stereocenters. The number of morpholine rings is 1. The SMILES string of the molecule is Brc1cccc(C(CN2CCOCC2)OC2CCCCC2)c1.Cl. The lowest BCUT2D eigenvalue weighted by molar-refractivity contribution is -0.0588. The van der Waals surface area contributed by atoms with Crippen LogP contribution in [-0.2, 0) is 9.47 Å². The smallest absolute Gasteiger partial charge is 0.0955 e. The summed E-state index contributed by atoms with van der Waals surface area (Å²) in [5.74, 6) is 0. The molecule has 1 aromatic carbocycles. The van der Waals surface area contributed by atoms with E-state index >= 15 is 0 Å². The first-order valence-electron chi connectivity index (χ1n) is 8.52. The average molecular weight is 405 g/mol. The topological polar surface area (TPSA) is 21.7 Å². The van der Waals surface area contributed by atoms with Crippen molar-refractivity contribution in [1.29, 1.82) is 0 Å². The predicted molar refractivity (Wildman–Crippen MR) is 99.3 cm³/mol. The van der Waals surface area contributed by atoms with E-state index in [9.17, 15) is 0 Å². The van der Waals surface area contributed by atoms with Gasteiger partial charge in [-0.05, 0) is 30.5 Å². The third kappa shape index (κ3) is 6.02. The Morgan fingerprint density at radius 2 is 1.91 bits per heavy atom. The van der Waals surface area contributed by atoms with Crippen molar-refractivity contribution in [3.63, 3.8) is 0 Å². The Hall–Kier alpha value is -0.130. The lowest BCUT2D eigenvalue weighted by Gasteiger charge is -2.33. The number of hydrogen-bond donors (Lipinski definition) is 0. The summed E-state index contributed by atoms with van der Waals surface area (Å²) in [4.78, 5) is 2.47. The van der Waals surface area contributed by atoms with Crippen molar-refractivity contribution in [3.8, 4) is 0 Å². The Balaban J connectivity index is 0.00000192. The molecule has 130 valence electrons. The molecular formula is C18H27BrClNO2. The van der Waals surface area contributed by atoms with E-state index in [0.29, 0.717) is 6.10 Å². The van der Waals surface area contributed by atoms with E-state index in [1.807, 2.05) is 0 Å². The van der Waals surface area contributed by atoms with Gasteiger partial charge in [-0.2, -0.15) is 0 Å². The molecule has 3 rings (SSSR count). The first kappa shape index (κ1) is 19.2. The molecule has 5 heteroatoms. The summed E-state index contributed by atoms with van der Waals surface area (Å²) in [6.07, 6.45) is 7.02. The monoisotopic (exact) mass is 403 g/mol. The van der Waals surface area contributed by atoms with Crippen LogP contribution in [0, 0.1) is 0 Å². The molecule has 0 bridgehead atoms. The second-order valence-electron chi connectivity index (χ2n) is 6.35. The fourth-order valence-corrected chi connectivity index (χ4v) is 3.80. The van der Waals surface area contributed by atoms with Crippen molar-refractivity contribution in [2.24, 2.45) is 0 Å². The summed E-state index contributed by atoms with van der Waals surface area (Å²) in [6, 6.07) is 8.58. The van der Waals surface area contributed by atoms with Crippen molar-refractivity contribution in [2.75, 3.05) is 32.8 Å². The number of benzene rings is 1. The number of halogens is 2. The van der Waals surface area contributed by atoms with Gasteiger partial charge >= 0.3 is 0 Å². The molecule has 1 aromatic rings. The highest BCUT2D eigenvalue weighted by Crippen LogP contribution is 2.29. The van der Waals surface area contributed by atoms with Crippen LogP contribution >= 0.6 is 28.3 Å². The van der Waals surface area contributed by atoms with Gasteiger partial charge in [0, 0.05) is 24.1 Å². The molecule has 1 aliphatic heterocycles. The normalized spacial score (nSPS) is 21.6. The largest absolute Gasteiger partial charge is 0.379 e. The summed E-state index contributed by atoms with van der Waals surface area (Å²) in [5, 5.41) is 0. The molecule has 1 heterocycles. The molecule has 2 aliphatic rings. The van der Waals surface area contributed by atoms with Crippen molar-refractivity contribution >= 4 is 28.3 Å². The molecule has 0 aromatic heterocycles. The second-order valence-corrected chi connectivity index (χ2v) is 7.27. The van der Waals surface area contributed by atoms with E-state index in [4.69, 9.17) is 9.47 Å². The van der Waals surface area contributed by atoms with E-state index < -0.39 is 0 Å². The van der Waals surface area contributed by atoms with E-state index in [-0.39, 0.29) is 18.5 Å². The molecule has 0 N–H and O–H groups in total. The van der Waals surface area contributed by atoms with Crippen molar-refractivity contribution < 1.29 is 9.47 Å². The van der Waals surface area contributed by atoms with E-state index in [1.165, 1.54) is 37.7 Å². The molecule has 0 radical (unpaired) electrons. The molecule has 1 aliphatic carbocycles. The highest BCUT2D eigenvalue weighted by atomic mass is 79.9. The van der Waals surface area contributed by atoms with E-state index in [2.05, 4.69) is 45.1 Å². The second kappa shape index (κ2) is 10.00. The van der Waals surface area contributed by atoms with Gasteiger partial charge in [0.25, 0.3) is 0 Å². The maximum atomic E-state index is 6.53. The third-order valence-electron chi connectivity index (χ3n) is 4.66. The predicted octanol–water partition coefficient (Wildman–Crippen LogP) is 4.59. The summed E-state index contributed by atoms with van der Waals surface area (Å²) < 4.78 is 13.1. The first-order chi connectivity index (χ1) is 10.8. The van der Waals surface area contributed by atoms with Crippen molar-refractivity contribution in [3.05, 3.63) is 34.3 Å². The van der Waals surface area contributed by atoms with Crippen LogP contribution in [0.25, 0.3) is 0 Å². The summed E-state index contributed by atoms with van der Waals surface area (Å²) >= 11 is 3.59. The molecule has 23 heavy (non-hydrogen) atoms. The fraction of sp³-hybridized carbons (Fsp3) is 0.667. The maximum absolute atomic E-state index is 6.53. The minimum atomic E-state index is 0. The van der Waals surface area contributed by atoms with Crippen LogP contribution in [0.3, 0.4) is 0 Å². The third-order valence-corrected chi connectivity index (χ3v) is 5.15. The van der Waals surface area contributed by atoms with Crippen LogP contribution < -0.4 is 0 Å². The van der Waals surface area contributed by atoms with Crippen LogP contribution in [0.2, 0.25) is 0 Å². The molecular weight excluding hydrogens is 378 g/mol. The Morgan fingerprint density at radius 1 is 1.17 bits per heavy atom. The van der Waals surface area contributed by atoms with E-state index in [0.717, 1.165) is 37.3 Å². The van der Waals surface area contributed by atoms with Gasteiger partial charge in [0.2, 0.25) is 0 Å². The number of nitrogens with zero attached hydrogens (tertiary/aromatic N) is 1. The summed E-state index contributed by atoms with van der Waals surface area (Å²) in [6.45, 7) is 4.68. The molecule has 0 spiro atoms. The van der Waals surface area contributed by atoms with Gasteiger partial charge in [0.15, 0.2) is 0 Å². The Morgan fingerprint density at radius 3 is 2.61 bits per heavy atom. The van der Waals surface area contributed by atoms with E-state index in [1.54, 1.807) is 0 Å². The zero-order valence-corrected chi connectivity index (χ0v) is 16.0. The minimum absolute atomic E-state index is 0. The molecule has 0 amide bonds. The van der Waals surface area contributed by atoms with Crippen LogP contribution in [-0.4, -0.2) is 43.9 Å². The molecule has 2 fully saturated rings. The highest BCUT2D eigenvalue weighted by Gasteiger charge is 2.23. The van der Waals surface area contributed by atoms with Crippen LogP contribution in [0.4, 0.5) is 0 Å². The lowest BCUT2D eigenvalue weighted by Crippen LogP contribution is -2.40. The van der Waals surface area contributed by atoms with Crippen molar-refractivity contribution in [1.82, 2.24) is 4.90 Å². The molecule has 1 saturated carbocycles. The number of ether oxygens (including phenoxy) is 2. The maximum Gasteiger partial charge on any atom is 0.0955 e. The summed E-state index contributed by atoms with van der Waals surface area (Å²) in [5.41, 5.74) is 1.28. The van der Waals surface area contributed by atoms with Crippen molar-refractivity contribution in [2.45, 2.75) is 44.3 Å². The standard InChI is InChI=1S/C18H26BrNO2.ClH/c19-16-6-4-5-15(13-16)18(14-20-9-11-21-12-10-20)22-17-7-2-1-3-8-17;/h4-6,13,17-18H,1-3,7-12,14H2;1H. The Bertz CT molecular complexity index is 442. The molecule has 1 atom stereocenters. The van der Waals surface area contributed by atoms with Gasteiger partial charge in [0.05, 0.1) is 25.4 Å². The molecule has 1 saturated heterocycles. The van der Waals surface area contributed by atoms with Gasteiger partial charge in [-0.25, -0.2) is 0 Å². The van der Waals surface area contributed by atoms with Crippen LogP contribution in [0.5, 0.6) is 0 Å². The van der Waals surface area contributed by atoms with Gasteiger partial charge in [-0.1, -0.05) is 47.3 Å². The Kier molecular flexibility index (Phi) is 8.34. The lowest BCUT2D eigenvalue weighted by atomic mass is 9.97. The fourth-order valence-electron chi connectivity index (χ4n) is 3.39. The summed E-state index contributed by atoms with van der Waals surface area (Å²) in [7, 11) is 0. The highest BCUT2D eigenvalue weighted by molar-refractivity contribution is 9.10. The van der Waals surface area contributed by atoms with Gasteiger partial charge in [-0.15, -0.1) is 12.4 Å². The van der Waals surface area contributed by atoms with Crippen LogP contribution in [0.15, 0.2) is 28.7 Å². The van der Waals surface area contributed by atoms with Crippen LogP contribution in [0.1, 0.15) is 43.8 Å². The minimum Gasteiger partial charge on any atom is -0.379 e. The zero-order valence-electron chi connectivity index (χ0n) is 13.6. The quantitative estimate of drug-likeness (QED) is 0.716. The number of rotatable bonds is 5. The molecule has 3 nitrogen and oxygen atoms in total. The first-order valence-corrected chi connectivity index (χ1v) is 9.31. The van der Waals surface area contributed by atoms with Gasteiger partial charge in [0.1, 0.15) is 0 Å². The number of hydrogen-bond acceptors (Lipinski definition) is 3. The van der Waals surface area contributed by atoms with Gasteiger partial charge in [-0.3, -0.25) is 4.90 Å². The average Bonchev–Trinajstić information content (AvgIpc) is 2.56. The Labute approximate surface area is 154 Å². The van der Waals surface area contributed by atoms with Gasteiger partial charge < -0.3 is 9.47 Å².